The van der Waals surface area contributed by atoms with Crippen molar-refractivity contribution in [3.8, 4) is 0 Å². The zero-order valence-electron chi connectivity index (χ0n) is 7.95. The van der Waals surface area contributed by atoms with Crippen molar-refractivity contribution in [3.63, 3.8) is 0 Å². The highest BCUT2D eigenvalue weighted by Gasteiger charge is 2.43. The molecule has 76 valence electrons. The van der Waals surface area contributed by atoms with Crippen molar-refractivity contribution in [2.45, 2.75) is 18.6 Å². The topological polar surface area (TPSA) is 50.0 Å². The number of benzene rings is 1. The van der Waals surface area contributed by atoms with E-state index in [1.165, 1.54) is 11.1 Å². The molecule has 0 atom stereocenters. The van der Waals surface area contributed by atoms with Gasteiger partial charge in [0.1, 0.15) is 0 Å². The number of aryl methyl sites for hydroxylation is 1. The molecule has 14 heavy (non-hydrogen) atoms. The van der Waals surface area contributed by atoms with E-state index < -0.39 is 0 Å². The first-order valence-electron chi connectivity index (χ1n) is 4.77. The highest BCUT2D eigenvalue weighted by Crippen LogP contribution is 2.43. The smallest absolute Gasteiger partial charge is 0.195 e. The molecule has 3 nitrogen and oxygen atoms in total. The number of ether oxygens (including phenoxy) is 2. The van der Waals surface area contributed by atoms with Gasteiger partial charge in [-0.1, -0.05) is 24.3 Å². The fourth-order valence-electron chi connectivity index (χ4n) is 2.30. The van der Waals surface area contributed by atoms with Gasteiger partial charge in [-0.15, -0.1) is 0 Å². The second-order valence-electron chi connectivity index (χ2n) is 3.61. The van der Waals surface area contributed by atoms with Crippen LogP contribution in [-0.2, 0) is 21.7 Å². The Morgan fingerprint density at radius 1 is 1.07 bits per heavy atom. The lowest BCUT2D eigenvalue weighted by Crippen LogP contribution is -2.23. The van der Waals surface area contributed by atoms with Gasteiger partial charge in [0.15, 0.2) is 5.79 Å². The quantitative estimate of drug-likeness (QED) is 0.618. The van der Waals surface area contributed by atoms with E-state index in [4.69, 9.17) is 9.47 Å². The van der Waals surface area contributed by atoms with Crippen LogP contribution in [0.25, 0.3) is 0 Å². The molecular weight excluding hydrogens is 180 g/mol. The van der Waals surface area contributed by atoms with E-state index in [2.05, 4.69) is 24.3 Å². The van der Waals surface area contributed by atoms with Crippen molar-refractivity contribution in [3.05, 3.63) is 35.4 Å². The lowest BCUT2D eigenvalue weighted by atomic mass is 10.1. The Balaban J connectivity index is 0.000000750. The monoisotopic (exact) mass is 194 g/mol. The molecule has 2 N–H and O–H groups in total. The summed E-state index contributed by atoms with van der Waals surface area (Å²) in [4.78, 5) is 0. The van der Waals surface area contributed by atoms with Crippen LogP contribution in [0.2, 0.25) is 0 Å². The maximum atomic E-state index is 5.71. The van der Waals surface area contributed by atoms with E-state index in [0.29, 0.717) is 0 Å². The van der Waals surface area contributed by atoms with Crippen LogP contribution in [0, 0.1) is 0 Å². The third-order valence-electron chi connectivity index (χ3n) is 2.90. The van der Waals surface area contributed by atoms with Gasteiger partial charge in [0.2, 0.25) is 0 Å². The van der Waals surface area contributed by atoms with E-state index in [1.807, 2.05) is 0 Å². The van der Waals surface area contributed by atoms with Crippen LogP contribution < -0.4 is 0 Å². The molecule has 0 aromatic heterocycles. The van der Waals surface area contributed by atoms with Crippen molar-refractivity contribution in [2.75, 3.05) is 13.2 Å². The van der Waals surface area contributed by atoms with Gasteiger partial charge in [0, 0.05) is 12.0 Å². The van der Waals surface area contributed by atoms with Crippen LogP contribution in [0.15, 0.2) is 24.3 Å². The molecule has 1 spiro atoms. The standard InChI is InChI=1S/C11H12O2.H2O/c1-2-4-10-9(3-1)5-6-11(10)12-7-8-13-11;/h1-4H,5-8H2;1H2. The Hall–Kier alpha value is -0.900. The first-order chi connectivity index (χ1) is 6.41. The number of hydrogen-bond donors (Lipinski definition) is 0. The summed E-state index contributed by atoms with van der Waals surface area (Å²) >= 11 is 0. The van der Waals surface area contributed by atoms with Gasteiger partial charge < -0.3 is 14.9 Å². The Kier molecular flexibility index (Phi) is 2.31. The van der Waals surface area contributed by atoms with Gasteiger partial charge in [0.05, 0.1) is 13.2 Å². The summed E-state index contributed by atoms with van der Waals surface area (Å²) in [5, 5.41) is 0. The van der Waals surface area contributed by atoms with Gasteiger partial charge in [-0.25, -0.2) is 0 Å². The summed E-state index contributed by atoms with van der Waals surface area (Å²) in [5.41, 5.74) is 2.62. The van der Waals surface area contributed by atoms with Crippen LogP contribution in [0.1, 0.15) is 17.5 Å². The fraction of sp³-hybridized carbons (Fsp3) is 0.455. The normalized spacial score (nSPS) is 22.0. The Labute approximate surface area is 83.0 Å². The lowest BCUT2D eigenvalue weighted by molar-refractivity contribution is -0.163. The molecule has 3 heteroatoms. The fourth-order valence-corrected chi connectivity index (χ4v) is 2.30. The second-order valence-corrected chi connectivity index (χ2v) is 3.61. The predicted molar refractivity (Wildman–Crippen MR) is 52.0 cm³/mol. The highest BCUT2D eigenvalue weighted by molar-refractivity contribution is 5.35. The molecule has 0 bridgehead atoms. The minimum Gasteiger partial charge on any atom is -0.412 e. The molecule has 1 saturated heterocycles. The zero-order valence-corrected chi connectivity index (χ0v) is 7.95. The largest absolute Gasteiger partial charge is 0.412 e. The summed E-state index contributed by atoms with van der Waals surface area (Å²) in [6.45, 7) is 1.46. The maximum Gasteiger partial charge on any atom is 0.195 e. The van der Waals surface area contributed by atoms with E-state index in [9.17, 15) is 0 Å². The molecule has 1 aromatic rings. The average molecular weight is 194 g/mol. The second kappa shape index (κ2) is 3.35. The maximum absolute atomic E-state index is 5.71. The van der Waals surface area contributed by atoms with Crippen molar-refractivity contribution in [2.24, 2.45) is 0 Å². The molecule has 0 unspecified atom stereocenters. The molecule has 1 heterocycles. The minimum absolute atomic E-state index is 0. The predicted octanol–water partition coefficient (Wildman–Crippen LogP) is 1.01. The van der Waals surface area contributed by atoms with Crippen LogP contribution in [0.4, 0.5) is 0 Å². The Morgan fingerprint density at radius 3 is 2.57 bits per heavy atom. The summed E-state index contributed by atoms with van der Waals surface area (Å²) in [6.07, 6.45) is 2.06. The first-order valence-corrected chi connectivity index (χ1v) is 4.77. The Morgan fingerprint density at radius 2 is 1.79 bits per heavy atom. The lowest BCUT2D eigenvalue weighted by Gasteiger charge is -2.22. The highest BCUT2D eigenvalue weighted by atomic mass is 16.7. The molecular formula is C11H14O3. The molecule has 0 saturated carbocycles. The van der Waals surface area contributed by atoms with Crippen LogP contribution in [0.3, 0.4) is 0 Å². The van der Waals surface area contributed by atoms with Crippen molar-refractivity contribution in [1.82, 2.24) is 0 Å². The van der Waals surface area contributed by atoms with Gasteiger partial charge in [0.25, 0.3) is 0 Å². The molecule has 1 aromatic carbocycles. The number of hydrogen-bond acceptors (Lipinski definition) is 2. The third-order valence-corrected chi connectivity index (χ3v) is 2.90. The summed E-state index contributed by atoms with van der Waals surface area (Å²) in [6, 6.07) is 8.41. The third kappa shape index (κ3) is 1.17. The SMILES string of the molecule is O.c1ccc2c(c1)CCC21OCCO1. The van der Waals surface area contributed by atoms with E-state index in [1.54, 1.807) is 0 Å². The molecule has 0 amide bonds. The van der Waals surface area contributed by atoms with E-state index in [0.717, 1.165) is 26.1 Å². The average Bonchev–Trinajstić information content (AvgIpc) is 2.78. The molecule has 0 radical (unpaired) electrons. The molecule has 1 fully saturated rings. The molecule has 3 rings (SSSR count). The molecule has 1 aliphatic carbocycles. The van der Waals surface area contributed by atoms with Gasteiger partial charge in [-0.2, -0.15) is 0 Å². The van der Waals surface area contributed by atoms with Gasteiger partial charge in [-0.05, 0) is 12.0 Å². The van der Waals surface area contributed by atoms with Crippen molar-refractivity contribution < 1.29 is 14.9 Å². The minimum atomic E-state index is -0.378. The first kappa shape index (κ1) is 9.65. The van der Waals surface area contributed by atoms with Crippen molar-refractivity contribution >= 4 is 0 Å². The zero-order chi connectivity index (χ0) is 8.73. The van der Waals surface area contributed by atoms with Gasteiger partial charge >= 0.3 is 0 Å². The summed E-state index contributed by atoms with van der Waals surface area (Å²) in [7, 11) is 0. The summed E-state index contributed by atoms with van der Waals surface area (Å²) in [5.74, 6) is -0.378. The van der Waals surface area contributed by atoms with Crippen LogP contribution in [-0.4, -0.2) is 18.7 Å². The molecule has 1 aliphatic heterocycles. The van der Waals surface area contributed by atoms with E-state index >= 15 is 0 Å². The van der Waals surface area contributed by atoms with Crippen molar-refractivity contribution in [1.29, 1.82) is 0 Å². The van der Waals surface area contributed by atoms with E-state index in [-0.39, 0.29) is 11.3 Å². The van der Waals surface area contributed by atoms with Crippen LogP contribution in [0.5, 0.6) is 0 Å². The molecule has 2 aliphatic rings. The van der Waals surface area contributed by atoms with Gasteiger partial charge in [-0.3, -0.25) is 0 Å². The van der Waals surface area contributed by atoms with Crippen LogP contribution >= 0.6 is 0 Å². The number of rotatable bonds is 0. The number of fused-ring (bicyclic) bond motifs is 2. The summed E-state index contributed by atoms with van der Waals surface area (Å²) < 4.78 is 11.4. The Bertz CT molecular complexity index is 329.